The summed E-state index contributed by atoms with van der Waals surface area (Å²) in [5.41, 5.74) is 1.39. The molecule has 2 N–H and O–H groups in total. The van der Waals surface area contributed by atoms with Crippen molar-refractivity contribution in [3.8, 4) is 0 Å². The lowest BCUT2D eigenvalue weighted by Crippen LogP contribution is -2.32. The first-order valence-corrected chi connectivity index (χ1v) is 8.16. The van der Waals surface area contributed by atoms with E-state index in [4.69, 9.17) is 17.0 Å². The molecule has 26 heavy (non-hydrogen) atoms. The molecular formula is C19H15ClN4O2. The summed E-state index contributed by atoms with van der Waals surface area (Å²) >= 11 is 5.91. The number of nitrogens with one attached hydrogen (secondary N) is 2. The van der Waals surface area contributed by atoms with E-state index in [2.05, 4.69) is 10.3 Å². The Morgan fingerprint density at radius 1 is 1.15 bits per heavy atom. The zero-order valence-corrected chi connectivity index (χ0v) is 14.4. The van der Waals surface area contributed by atoms with Crippen LogP contribution in [-0.4, -0.2) is 21.3 Å². The summed E-state index contributed by atoms with van der Waals surface area (Å²) in [7, 11) is 0. The smallest absolute Gasteiger partial charge is 0.258 e. The second kappa shape index (κ2) is 7.76. The van der Waals surface area contributed by atoms with E-state index in [1.807, 2.05) is 6.07 Å². The summed E-state index contributed by atoms with van der Waals surface area (Å²) in [4.78, 5) is 28.5. The first-order chi connectivity index (χ1) is 12.5. The first kappa shape index (κ1) is 17.6. The van der Waals surface area contributed by atoms with Crippen LogP contribution in [0.1, 0.15) is 21.5 Å². The molecule has 2 aromatic heterocycles. The predicted molar refractivity (Wildman–Crippen MR) is 99.8 cm³/mol. The number of nitrogens with zero attached hydrogens (tertiary/aromatic N) is 2. The molecule has 0 aliphatic heterocycles. The summed E-state index contributed by atoms with van der Waals surface area (Å²) in [5, 5.41) is 11.0. The van der Waals surface area contributed by atoms with Crippen LogP contribution >= 0.6 is 11.6 Å². The Hall–Kier alpha value is -3.25. The van der Waals surface area contributed by atoms with E-state index in [-0.39, 0.29) is 17.0 Å². The van der Waals surface area contributed by atoms with Crippen LogP contribution in [0.4, 0.5) is 0 Å². The molecule has 0 bridgehead atoms. The van der Waals surface area contributed by atoms with Crippen LogP contribution in [0.25, 0.3) is 0 Å². The van der Waals surface area contributed by atoms with Gasteiger partial charge in [0.05, 0.1) is 12.1 Å². The number of carbonyl (C=O) groups is 1. The third-order valence-corrected chi connectivity index (χ3v) is 3.91. The second-order valence-electron chi connectivity index (χ2n) is 5.58. The number of aromatic nitrogens is 2. The number of carbonyl (C=O) groups excluding carboxylic acids is 1. The molecule has 7 heteroatoms. The Bertz CT molecular complexity index is 1020. The molecule has 2 heterocycles. The van der Waals surface area contributed by atoms with E-state index >= 15 is 0 Å². The van der Waals surface area contributed by atoms with Crippen molar-refractivity contribution in [3.05, 3.63) is 99.2 Å². The fraction of sp³-hybridized carbons (Fsp3) is 0.0526. The van der Waals surface area contributed by atoms with Gasteiger partial charge in [-0.05, 0) is 29.8 Å². The third-order valence-electron chi connectivity index (χ3n) is 3.67. The number of halogens is 1. The van der Waals surface area contributed by atoms with Crippen molar-refractivity contribution in [1.82, 2.24) is 14.9 Å². The second-order valence-corrected chi connectivity index (χ2v) is 6.02. The van der Waals surface area contributed by atoms with E-state index in [1.54, 1.807) is 42.7 Å². The van der Waals surface area contributed by atoms with Crippen molar-refractivity contribution in [1.29, 1.82) is 5.41 Å². The Morgan fingerprint density at radius 2 is 2.00 bits per heavy atom. The molecule has 3 rings (SSSR count). The van der Waals surface area contributed by atoms with E-state index in [1.165, 1.54) is 22.9 Å². The van der Waals surface area contributed by atoms with Crippen molar-refractivity contribution < 1.29 is 4.79 Å². The van der Waals surface area contributed by atoms with Gasteiger partial charge in [-0.1, -0.05) is 29.8 Å². The summed E-state index contributed by atoms with van der Waals surface area (Å²) in [6.45, 7) is 0.305. The maximum absolute atomic E-state index is 12.4. The molecule has 1 aromatic carbocycles. The van der Waals surface area contributed by atoms with Gasteiger partial charge in [0.1, 0.15) is 5.84 Å². The lowest BCUT2D eigenvalue weighted by molar-refractivity contribution is 0.0976. The van der Waals surface area contributed by atoms with Gasteiger partial charge >= 0.3 is 0 Å². The molecule has 130 valence electrons. The summed E-state index contributed by atoms with van der Waals surface area (Å²) < 4.78 is 1.43. The molecule has 0 unspecified atom stereocenters. The molecule has 0 aliphatic rings. The lowest BCUT2D eigenvalue weighted by Gasteiger charge is -2.10. The predicted octanol–water partition coefficient (Wildman–Crippen LogP) is 2.70. The highest BCUT2D eigenvalue weighted by molar-refractivity contribution is 6.31. The Balaban J connectivity index is 1.78. The highest BCUT2D eigenvalue weighted by Gasteiger charge is 2.11. The van der Waals surface area contributed by atoms with Crippen LogP contribution in [0.15, 0.2) is 71.9 Å². The first-order valence-electron chi connectivity index (χ1n) is 7.78. The van der Waals surface area contributed by atoms with Gasteiger partial charge in [-0.2, -0.15) is 0 Å². The number of rotatable bonds is 4. The lowest BCUT2D eigenvalue weighted by atomic mass is 10.2. The van der Waals surface area contributed by atoms with Gasteiger partial charge in [-0.25, -0.2) is 0 Å². The van der Waals surface area contributed by atoms with Gasteiger partial charge in [-0.3, -0.25) is 20.0 Å². The number of hydrogen-bond donors (Lipinski definition) is 2. The molecule has 0 saturated heterocycles. The standard InChI is InChI=1S/C19H15ClN4O2/c20-16-5-1-4-14(9-16)18(21)23-19(26)15-6-7-17(25)24(12-15)11-13-3-2-8-22-10-13/h1-10,12H,11H2,(H2,21,23,26). The van der Waals surface area contributed by atoms with Crippen molar-refractivity contribution >= 4 is 23.3 Å². The van der Waals surface area contributed by atoms with Crippen LogP contribution in [0.3, 0.4) is 0 Å². The number of amides is 1. The average Bonchev–Trinajstić information content (AvgIpc) is 2.64. The van der Waals surface area contributed by atoms with Crippen molar-refractivity contribution in [2.24, 2.45) is 0 Å². The van der Waals surface area contributed by atoms with E-state index in [0.717, 1.165) is 5.56 Å². The molecule has 1 amide bonds. The van der Waals surface area contributed by atoms with Crippen LogP contribution < -0.4 is 10.9 Å². The highest BCUT2D eigenvalue weighted by atomic mass is 35.5. The number of benzene rings is 1. The van der Waals surface area contributed by atoms with Gasteiger partial charge in [0, 0.05) is 35.2 Å². The van der Waals surface area contributed by atoms with Crippen molar-refractivity contribution in [3.63, 3.8) is 0 Å². The minimum Gasteiger partial charge on any atom is -0.310 e. The molecule has 0 saturated carbocycles. The summed E-state index contributed by atoms with van der Waals surface area (Å²) in [5.74, 6) is -0.544. The largest absolute Gasteiger partial charge is 0.310 e. The molecular weight excluding hydrogens is 352 g/mol. The van der Waals surface area contributed by atoms with Gasteiger partial charge in [0.15, 0.2) is 0 Å². The van der Waals surface area contributed by atoms with Crippen molar-refractivity contribution in [2.75, 3.05) is 0 Å². The zero-order chi connectivity index (χ0) is 18.5. The monoisotopic (exact) mass is 366 g/mol. The summed E-state index contributed by atoms with van der Waals surface area (Å²) in [6.07, 6.45) is 4.78. The van der Waals surface area contributed by atoms with Crippen LogP contribution in [0.2, 0.25) is 5.02 Å². The number of amidine groups is 1. The summed E-state index contributed by atoms with van der Waals surface area (Å²) in [6, 6.07) is 13.0. The molecule has 0 fully saturated rings. The normalized spacial score (nSPS) is 10.3. The molecule has 6 nitrogen and oxygen atoms in total. The minimum atomic E-state index is -0.477. The van der Waals surface area contributed by atoms with Crippen LogP contribution in [-0.2, 0) is 6.54 Å². The number of pyridine rings is 2. The van der Waals surface area contributed by atoms with Crippen LogP contribution in [0, 0.1) is 5.41 Å². The molecule has 0 atom stereocenters. The fourth-order valence-corrected chi connectivity index (χ4v) is 2.57. The fourth-order valence-electron chi connectivity index (χ4n) is 2.38. The SMILES string of the molecule is N=C(NC(=O)c1ccc(=O)n(Cc2cccnc2)c1)c1cccc(Cl)c1. The van der Waals surface area contributed by atoms with Crippen molar-refractivity contribution in [2.45, 2.75) is 6.54 Å². The molecule has 0 spiro atoms. The number of hydrogen-bond acceptors (Lipinski definition) is 4. The van der Waals surface area contributed by atoms with Gasteiger partial charge in [-0.15, -0.1) is 0 Å². The Kier molecular flexibility index (Phi) is 5.24. The van der Waals surface area contributed by atoms with E-state index in [0.29, 0.717) is 17.1 Å². The van der Waals surface area contributed by atoms with Gasteiger partial charge in [0.25, 0.3) is 11.5 Å². The molecule has 0 radical (unpaired) electrons. The molecule has 3 aromatic rings. The maximum Gasteiger partial charge on any atom is 0.258 e. The maximum atomic E-state index is 12.4. The van der Waals surface area contributed by atoms with E-state index < -0.39 is 5.91 Å². The minimum absolute atomic E-state index is 0.0671. The van der Waals surface area contributed by atoms with E-state index in [9.17, 15) is 9.59 Å². The van der Waals surface area contributed by atoms with Gasteiger partial charge < -0.3 is 9.88 Å². The quantitative estimate of drug-likeness (QED) is 0.549. The van der Waals surface area contributed by atoms with Gasteiger partial charge in [0.2, 0.25) is 0 Å². The average molecular weight is 367 g/mol. The Labute approximate surface area is 154 Å². The molecule has 0 aliphatic carbocycles. The Morgan fingerprint density at radius 3 is 2.73 bits per heavy atom. The third kappa shape index (κ3) is 4.23. The highest BCUT2D eigenvalue weighted by Crippen LogP contribution is 2.10. The zero-order valence-electron chi connectivity index (χ0n) is 13.6. The topological polar surface area (TPSA) is 87.8 Å². The van der Waals surface area contributed by atoms with Crippen LogP contribution in [0.5, 0.6) is 0 Å².